The van der Waals surface area contributed by atoms with Crippen LogP contribution in [0.2, 0.25) is 0 Å². The van der Waals surface area contributed by atoms with Gasteiger partial charge in [-0.05, 0) is 0 Å². The molecule has 2 atom stereocenters. The van der Waals surface area contributed by atoms with E-state index in [2.05, 4.69) is 0 Å². The number of nitrogens with zero attached hydrogens (tertiary/aromatic N) is 1. The minimum Gasteiger partial charge on any atom is -0.479 e. The van der Waals surface area contributed by atoms with Crippen molar-refractivity contribution in [1.82, 2.24) is 4.90 Å². The van der Waals surface area contributed by atoms with Gasteiger partial charge in [0.2, 0.25) is 0 Å². The Kier molecular flexibility index (Phi) is 4.50. The van der Waals surface area contributed by atoms with Crippen LogP contribution in [0.5, 0.6) is 0 Å². The Hall–Kier alpha value is -0.460. The zero-order valence-electron chi connectivity index (χ0n) is 8.14. The predicted molar refractivity (Wildman–Crippen MR) is 52.5 cm³/mol. The summed E-state index contributed by atoms with van der Waals surface area (Å²) in [4.78, 5) is 12.6. The Morgan fingerprint density at radius 3 is 2.57 bits per heavy atom. The highest BCUT2D eigenvalue weighted by Crippen LogP contribution is 2.08. The third-order valence-electron chi connectivity index (χ3n) is 2.12. The number of carboxylic acids is 1. The number of carboxylic acid groups (broad SMARTS) is 1. The third kappa shape index (κ3) is 2.76. The Morgan fingerprint density at radius 1 is 1.57 bits per heavy atom. The number of morpholine rings is 1. The van der Waals surface area contributed by atoms with Gasteiger partial charge in [0.15, 0.2) is 5.37 Å². The molecule has 0 aliphatic carbocycles. The van der Waals surface area contributed by atoms with E-state index in [0.29, 0.717) is 32.1 Å². The molecule has 5 nitrogen and oxygen atoms in total. The van der Waals surface area contributed by atoms with Crippen molar-refractivity contribution in [2.45, 2.75) is 12.3 Å². The predicted octanol–water partition coefficient (Wildman–Crippen LogP) is -0.502. The Morgan fingerprint density at radius 2 is 2.14 bits per heavy atom. The lowest BCUT2D eigenvalue weighted by Crippen LogP contribution is -2.49. The van der Waals surface area contributed by atoms with E-state index in [1.165, 1.54) is 0 Å². The third-order valence-corrected chi connectivity index (χ3v) is 3.69. The highest BCUT2D eigenvalue weighted by atomic mass is 32.2. The van der Waals surface area contributed by atoms with E-state index in [-0.39, 0.29) is 0 Å². The van der Waals surface area contributed by atoms with Crippen LogP contribution in [0, 0.1) is 0 Å². The summed E-state index contributed by atoms with van der Waals surface area (Å²) in [5.41, 5.74) is 0. The Balaban J connectivity index is 2.65. The quantitative estimate of drug-likeness (QED) is 0.693. The van der Waals surface area contributed by atoms with Crippen LogP contribution in [-0.4, -0.2) is 57.6 Å². The second-order valence-corrected chi connectivity index (χ2v) is 4.79. The van der Waals surface area contributed by atoms with Gasteiger partial charge in [0.25, 0.3) is 0 Å². The smallest absolute Gasteiger partial charge is 0.334 e. The molecule has 0 aromatic rings. The van der Waals surface area contributed by atoms with E-state index in [9.17, 15) is 9.00 Å². The van der Waals surface area contributed by atoms with Gasteiger partial charge >= 0.3 is 5.97 Å². The summed E-state index contributed by atoms with van der Waals surface area (Å²) >= 11 is 0. The number of aliphatic carboxylic acids is 1. The van der Waals surface area contributed by atoms with Crippen molar-refractivity contribution in [2.75, 3.05) is 32.1 Å². The summed E-state index contributed by atoms with van der Waals surface area (Å²) in [6.45, 7) is 3.85. The average Bonchev–Trinajstić information content (AvgIpc) is 2.19. The molecule has 0 spiro atoms. The van der Waals surface area contributed by atoms with Crippen molar-refractivity contribution in [3.05, 3.63) is 0 Å². The van der Waals surface area contributed by atoms with Gasteiger partial charge in [-0.3, -0.25) is 9.11 Å². The van der Waals surface area contributed by atoms with Crippen LogP contribution >= 0.6 is 0 Å². The molecular weight excluding hydrogens is 206 g/mol. The molecule has 1 saturated heterocycles. The van der Waals surface area contributed by atoms with Gasteiger partial charge in [-0.1, -0.05) is 6.92 Å². The molecule has 0 saturated carbocycles. The molecule has 0 radical (unpaired) electrons. The fraction of sp³-hybridized carbons (Fsp3) is 0.875. The van der Waals surface area contributed by atoms with Crippen molar-refractivity contribution < 1.29 is 18.8 Å². The second-order valence-electron chi connectivity index (χ2n) is 3.01. The van der Waals surface area contributed by atoms with Crippen molar-refractivity contribution in [2.24, 2.45) is 0 Å². The lowest BCUT2D eigenvalue weighted by atomic mass is 10.4. The normalized spacial score (nSPS) is 22.9. The van der Waals surface area contributed by atoms with E-state index >= 15 is 0 Å². The number of rotatable bonds is 4. The van der Waals surface area contributed by atoms with Crippen LogP contribution in [0.4, 0.5) is 0 Å². The molecule has 0 aromatic carbocycles. The molecule has 1 aliphatic rings. The number of hydrogen-bond acceptors (Lipinski definition) is 4. The molecule has 1 heterocycles. The van der Waals surface area contributed by atoms with Crippen LogP contribution in [0.25, 0.3) is 0 Å². The molecule has 14 heavy (non-hydrogen) atoms. The first-order valence-corrected chi connectivity index (χ1v) is 5.96. The van der Waals surface area contributed by atoms with Crippen molar-refractivity contribution in [1.29, 1.82) is 0 Å². The highest BCUT2D eigenvalue weighted by Gasteiger charge is 2.31. The summed E-state index contributed by atoms with van der Waals surface area (Å²) in [6, 6.07) is 0. The summed E-state index contributed by atoms with van der Waals surface area (Å²) in [5.74, 6) is -0.638. The minimum absolute atomic E-state index is 0.369. The van der Waals surface area contributed by atoms with E-state index < -0.39 is 22.1 Å². The van der Waals surface area contributed by atoms with E-state index in [1.807, 2.05) is 0 Å². The molecule has 0 unspecified atom stereocenters. The standard InChI is InChI=1S/C8H15NO4S/c1-2-14(12)7(8(10)11)9-3-5-13-6-4-9/h7H,2-6H2,1H3,(H,10,11)/t7-,14+/m0/s1. The van der Waals surface area contributed by atoms with E-state index in [0.717, 1.165) is 0 Å². The first-order chi connectivity index (χ1) is 6.66. The van der Waals surface area contributed by atoms with Crippen LogP contribution in [-0.2, 0) is 20.3 Å². The van der Waals surface area contributed by atoms with Crippen molar-refractivity contribution >= 4 is 16.8 Å². The van der Waals surface area contributed by atoms with Gasteiger partial charge in [0, 0.05) is 18.8 Å². The Bertz CT molecular complexity index is 227. The summed E-state index contributed by atoms with van der Waals surface area (Å²) in [7, 11) is -1.32. The lowest BCUT2D eigenvalue weighted by molar-refractivity contribution is -0.141. The molecule has 0 bridgehead atoms. The molecule has 6 heteroatoms. The zero-order chi connectivity index (χ0) is 10.6. The molecule has 82 valence electrons. The summed E-state index contributed by atoms with van der Waals surface area (Å²) in [6.07, 6.45) is 0. The topological polar surface area (TPSA) is 66.8 Å². The van der Waals surface area contributed by atoms with E-state index in [4.69, 9.17) is 9.84 Å². The van der Waals surface area contributed by atoms with Gasteiger partial charge in [-0.25, -0.2) is 4.79 Å². The molecule has 1 N–H and O–H groups in total. The summed E-state index contributed by atoms with van der Waals surface area (Å²) in [5, 5.41) is 8.08. The van der Waals surface area contributed by atoms with Gasteiger partial charge in [0.1, 0.15) is 0 Å². The number of hydrogen-bond donors (Lipinski definition) is 1. The maximum absolute atomic E-state index is 11.5. The van der Waals surface area contributed by atoms with Crippen LogP contribution in [0.15, 0.2) is 0 Å². The minimum atomic E-state index is -1.32. The van der Waals surface area contributed by atoms with Gasteiger partial charge < -0.3 is 9.84 Å². The zero-order valence-corrected chi connectivity index (χ0v) is 8.96. The second kappa shape index (κ2) is 5.43. The van der Waals surface area contributed by atoms with Gasteiger partial charge in [-0.2, -0.15) is 0 Å². The molecule has 1 fully saturated rings. The van der Waals surface area contributed by atoms with Crippen LogP contribution < -0.4 is 0 Å². The lowest BCUT2D eigenvalue weighted by Gasteiger charge is -2.30. The monoisotopic (exact) mass is 221 g/mol. The Labute approximate surface area is 85.5 Å². The SMILES string of the molecule is CC[S@@](=O)[C@@H](C(=O)O)N1CCOCC1. The average molecular weight is 221 g/mol. The maximum Gasteiger partial charge on any atom is 0.334 e. The first kappa shape index (κ1) is 11.6. The highest BCUT2D eigenvalue weighted by molar-refractivity contribution is 7.86. The number of ether oxygens (including phenoxy) is 1. The molecule has 1 aliphatic heterocycles. The maximum atomic E-state index is 11.5. The first-order valence-electron chi connectivity index (χ1n) is 4.58. The summed E-state index contributed by atoms with van der Waals surface area (Å²) < 4.78 is 16.6. The molecule has 1 rings (SSSR count). The fourth-order valence-electron chi connectivity index (χ4n) is 1.40. The molecular formula is C8H15NO4S. The number of carbonyl (C=O) groups is 1. The molecule has 0 amide bonds. The van der Waals surface area contributed by atoms with E-state index in [1.54, 1.807) is 11.8 Å². The largest absolute Gasteiger partial charge is 0.479 e. The fourth-order valence-corrected chi connectivity index (χ4v) is 2.49. The van der Waals surface area contributed by atoms with Crippen LogP contribution in [0.1, 0.15) is 6.92 Å². The molecule has 0 aromatic heterocycles. The van der Waals surface area contributed by atoms with Gasteiger partial charge in [-0.15, -0.1) is 0 Å². The van der Waals surface area contributed by atoms with Crippen LogP contribution in [0.3, 0.4) is 0 Å². The van der Waals surface area contributed by atoms with Gasteiger partial charge in [0.05, 0.1) is 24.0 Å². The van der Waals surface area contributed by atoms with Crippen molar-refractivity contribution in [3.63, 3.8) is 0 Å². The van der Waals surface area contributed by atoms with Crippen molar-refractivity contribution in [3.8, 4) is 0 Å².